The Morgan fingerprint density at radius 1 is 1.21 bits per heavy atom. The monoisotopic (exact) mass is 215 g/mol. The Labute approximate surface area is 89.9 Å². The molecule has 0 saturated heterocycles. The highest BCUT2D eigenvalue weighted by Crippen LogP contribution is 2.35. The molecule has 1 nitrogen and oxygen atoms in total. The van der Waals surface area contributed by atoms with Gasteiger partial charge in [-0.15, -0.1) is 12.4 Å². The Morgan fingerprint density at radius 2 is 1.79 bits per heavy atom. The second kappa shape index (κ2) is 4.76. The minimum Gasteiger partial charge on any atom is -0.324 e. The quantitative estimate of drug-likeness (QED) is 0.807. The van der Waals surface area contributed by atoms with Gasteiger partial charge in [0.2, 0.25) is 0 Å². The molecule has 1 atom stereocenters. The average Bonchev–Trinajstić information content (AvgIpc) is 2.02. The van der Waals surface area contributed by atoms with E-state index < -0.39 is 0 Å². The van der Waals surface area contributed by atoms with Crippen LogP contribution in [0.1, 0.15) is 30.9 Å². The molecule has 0 spiro atoms. The second-order valence-corrected chi connectivity index (χ2v) is 3.77. The van der Waals surface area contributed by atoms with Crippen molar-refractivity contribution in [3.8, 4) is 0 Å². The van der Waals surface area contributed by atoms with Crippen LogP contribution in [0.15, 0.2) is 24.3 Å². The maximum Gasteiger partial charge on any atom is 0.123 e. The highest BCUT2D eigenvalue weighted by molar-refractivity contribution is 5.85. The van der Waals surface area contributed by atoms with Crippen molar-refractivity contribution in [3.05, 3.63) is 35.6 Å². The summed E-state index contributed by atoms with van der Waals surface area (Å²) in [6.45, 7) is 0. The van der Waals surface area contributed by atoms with Gasteiger partial charge in [-0.3, -0.25) is 0 Å². The van der Waals surface area contributed by atoms with Gasteiger partial charge in [0.25, 0.3) is 0 Å². The van der Waals surface area contributed by atoms with Crippen molar-refractivity contribution in [2.24, 2.45) is 11.7 Å². The molecule has 2 rings (SSSR count). The average molecular weight is 216 g/mol. The van der Waals surface area contributed by atoms with Crippen LogP contribution < -0.4 is 5.73 Å². The summed E-state index contributed by atoms with van der Waals surface area (Å²) < 4.78 is 12.6. The van der Waals surface area contributed by atoms with Gasteiger partial charge in [0, 0.05) is 6.04 Å². The fraction of sp³-hybridized carbons (Fsp3) is 0.455. The topological polar surface area (TPSA) is 26.0 Å². The van der Waals surface area contributed by atoms with Gasteiger partial charge in [0.1, 0.15) is 5.82 Å². The first-order valence-corrected chi connectivity index (χ1v) is 4.78. The lowest BCUT2D eigenvalue weighted by molar-refractivity contribution is 0.264. The van der Waals surface area contributed by atoms with Gasteiger partial charge in [0.05, 0.1) is 0 Å². The molecule has 1 aliphatic carbocycles. The maximum absolute atomic E-state index is 12.6. The minimum absolute atomic E-state index is 0. The number of hydrogen-bond acceptors (Lipinski definition) is 1. The highest BCUT2D eigenvalue weighted by atomic mass is 35.5. The first kappa shape index (κ1) is 11.5. The van der Waals surface area contributed by atoms with E-state index in [9.17, 15) is 4.39 Å². The second-order valence-electron chi connectivity index (χ2n) is 3.77. The summed E-state index contributed by atoms with van der Waals surface area (Å²) in [5, 5.41) is 0. The summed E-state index contributed by atoms with van der Waals surface area (Å²) in [5.74, 6) is 0.426. The predicted molar refractivity (Wildman–Crippen MR) is 57.9 cm³/mol. The van der Waals surface area contributed by atoms with Crippen LogP contribution >= 0.6 is 12.4 Å². The van der Waals surface area contributed by atoms with Crippen molar-refractivity contribution >= 4 is 12.4 Å². The molecule has 1 fully saturated rings. The van der Waals surface area contributed by atoms with Gasteiger partial charge in [-0.2, -0.15) is 0 Å². The molecular weight excluding hydrogens is 201 g/mol. The van der Waals surface area contributed by atoms with E-state index >= 15 is 0 Å². The van der Waals surface area contributed by atoms with Crippen molar-refractivity contribution in [1.29, 1.82) is 0 Å². The van der Waals surface area contributed by atoms with E-state index in [0.29, 0.717) is 5.92 Å². The first-order chi connectivity index (χ1) is 6.27. The standard InChI is InChI=1S/C11H14FN.ClH/c12-10-6-4-9(5-7-10)11(13)8-2-1-3-8;/h4-8,11H,1-3,13H2;1H/t11-;/m0./s1. The molecule has 78 valence electrons. The molecule has 2 N–H and O–H groups in total. The first-order valence-electron chi connectivity index (χ1n) is 4.78. The van der Waals surface area contributed by atoms with Crippen molar-refractivity contribution in [1.82, 2.24) is 0 Å². The molecule has 14 heavy (non-hydrogen) atoms. The molecular formula is C11H15ClFN. The molecule has 0 aliphatic heterocycles. The molecule has 1 saturated carbocycles. The summed E-state index contributed by atoms with van der Waals surface area (Å²) in [6.07, 6.45) is 3.73. The van der Waals surface area contributed by atoms with E-state index in [-0.39, 0.29) is 24.3 Å². The number of rotatable bonds is 2. The number of nitrogens with two attached hydrogens (primary N) is 1. The van der Waals surface area contributed by atoms with Crippen LogP contribution in [-0.2, 0) is 0 Å². The van der Waals surface area contributed by atoms with Crippen molar-refractivity contribution in [3.63, 3.8) is 0 Å². The van der Waals surface area contributed by atoms with E-state index in [1.165, 1.54) is 31.4 Å². The summed E-state index contributed by atoms with van der Waals surface area (Å²) in [4.78, 5) is 0. The van der Waals surface area contributed by atoms with E-state index in [4.69, 9.17) is 5.73 Å². The van der Waals surface area contributed by atoms with Crippen LogP contribution in [0.2, 0.25) is 0 Å². The van der Waals surface area contributed by atoms with Crippen LogP contribution in [-0.4, -0.2) is 0 Å². The number of halogens is 2. The fourth-order valence-corrected chi connectivity index (χ4v) is 1.76. The summed E-state index contributed by atoms with van der Waals surface area (Å²) in [6, 6.07) is 6.65. The Morgan fingerprint density at radius 3 is 2.21 bits per heavy atom. The third-order valence-corrected chi connectivity index (χ3v) is 2.91. The zero-order valence-corrected chi connectivity index (χ0v) is 8.77. The van der Waals surface area contributed by atoms with Crippen LogP contribution in [0.25, 0.3) is 0 Å². The van der Waals surface area contributed by atoms with Crippen LogP contribution in [0.3, 0.4) is 0 Å². The Hall–Kier alpha value is -0.600. The lowest BCUT2D eigenvalue weighted by Crippen LogP contribution is -2.26. The molecule has 3 heteroatoms. The third-order valence-electron chi connectivity index (χ3n) is 2.91. The van der Waals surface area contributed by atoms with E-state index in [2.05, 4.69) is 0 Å². The van der Waals surface area contributed by atoms with Crippen molar-refractivity contribution < 1.29 is 4.39 Å². The van der Waals surface area contributed by atoms with E-state index in [1.807, 2.05) is 0 Å². The van der Waals surface area contributed by atoms with Crippen LogP contribution in [0.5, 0.6) is 0 Å². The molecule has 0 amide bonds. The van der Waals surface area contributed by atoms with E-state index in [1.54, 1.807) is 12.1 Å². The number of hydrogen-bond donors (Lipinski definition) is 1. The highest BCUT2D eigenvalue weighted by Gasteiger charge is 2.25. The predicted octanol–water partition coefficient (Wildman–Crippen LogP) is 3.05. The summed E-state index contributed by atoms with van der Waals surface area (Å²) in [5.41, 5.74) is 7.09. The largest absolute Gasteiger partial charge is 0.324 e. The summed E-state index contributed by atoms with van der Waals surface area (Å²) in [7, 11) is 0. The molecule has 1 aromatic rings. The smallest absolute Gasteiger partial charge is 0.123 e. The fourth-order valence-electron chi connectivity index (χ4n) is 1.76. The lowest BCUT2D eigenvalue weighted by Gasteiger charge is -2.31. The van der Waals surface area contributed by atoms with Crippen LogP contribution in [0.4, 0.5) is 4.39 Å². The molecule has 0 bridgehead atoms. The zero-order valence-electron chi connectivity index (χ0n) is 7.95. The lowest BCUT2D eigenvalue weighted by atomic mass is 9.78. The van der Waals surface area contributed by atoms with Crippen molar-refractivity contribution in [2.75, 3.05) is 0 Å². The molecule has 1 aromatic carbocycles. The van der Waals surface area contributed by atoms with Gasteiger partial charge in [-0.25, -0.2) is 4.39 Å². The van der Waals surface area contributed by atoms with Gasteiger partial charge in [0.15, 0.2) is 0 Å². The molecule has 1 aliphatic rings. The van der Waals surface area contributed by atoms with Gasteiger partial charge in [-0.1, -0.05) is 18.6 Å². The van der Waals surface area contributed by atoms with E-state index in [0.717, 1.165) is 5.56 Å². The molecule has 0 aromatic heterocycles. The van der Waals surface area contributed by atoms with Crippen LogP contribution in [0, 0.1) is 11.7 Å². The zero-order chi connectivity index (χ0) is 9.26. The van der Waals surface area contributed by atoms with Gasteiger partial charge < -0.3 is 5.73 Å². The molecule has 0 radical (unpaired) electrons. The van der Waals surface area contributed by atoms with Gasteiger partial charge >= 0.3 is 0 Å². The normalized spacial score (nSPS) is 18.1. The molecule has 0 heterocycles. The SMILES string of the molecule is Cl.N[C@H](c1ccc(F)cc1)C1CCC1. The van der Waals surface area contributed by atoms with Crippen molar-refractivity contribution in [2.45, 2.75) is 25.3 Å². The summed E-state index contributed by atoms with van der Waals surface area (Å²) >= 11 is 0. The maximum atomic E-state index is 12.6. The Balaban J connectivity index is 0.000000980. The number of benzene rings is 1. The Kier molecular flexibility index (Phi) is 3.90. The minimum atomic E-state index is -0.190. The Bertz CT molecular complexity index is 282. The third kappa shape index (κ3) is 2.25. The molecule has 0 unspecified atom stereocenters. The van der Waals surface area contributed by atoms with Gasteiger partial charge in [-0.05, 0) is 36.5 Å².